The van der Waals surface area contributed by atoms with E-state index in [2.05, 4.69) is 11.1 Å². The summed E-state index contributed by atoms with van der Waals surface area (Å²) in [7, 11) is 3.30. The molecule has 184 valence electrons. The lowest BCUT2D eigenvalue weighted by molar-refractivity contribution is 0.0741. The smallest absolute Gasteiger partial charge is 0.258 e. The van der Waals surface area contributed by atoms with Crippen molar-refractivity contribution in [1.82, 2.24) is 14.8 Å². The third kappa shape index (κ3) is 4.99. The van der Waals surface area contributed by atoms with Gasteiger partial charge in [-0.2, -0.15) is 5.26 Å². The van der Waals surface area contributed by atoms with Crippen molar-refractivity contribution < 1.29 is 14.0 Å². The zero-order valence-corrected chi connectivity index (χ0v) is 21.1. The second-order valence-electron chi connectivity index (χ2n) is 8.48. The maximum atomic E-state index is 14.2. The van der Waals surface area contributed by atoms with Crippen LogP contribution in [0.25, 0.3) is 11.1 Å². The lowest BCUT2D eigenvalue weighted by Crippen LogP contribution is -2.49. The molecule has 0 radical (unpaired) electrons. The van der Waals surface area contributed by atoms with Crippen LogP contribution < -0.4 is 4.90 Å². The van der Waals surface area contributed by atoms with Gasteiger partial charge in [0.1, 0.15) is 17.7 Å². The summed E-state index contributed by atoms with van der Waals surface area (Å²) in [6.07, 6.45) is 1.64. The number of aromatic nitrogens is 1. The van der Waals surface area contributed by atoms with Gasteiger partial charge in [0, 0.05) is 52.0 Å². The summed E-state index contributed by atoms with van der Waals surface area (Å²) in [5.74, 6) is -0.816. The Hall–Kier alpha value is -3.67. The first-order valence-electron chi connectivity index (χ1n) is 11.1. The minimum atomic E-state index is -0.654. The van der Waals surface area contributed by atoms with E-state index in [1.54, 1.807) is 49.5 Å². The minimum absolute atomic E-state index is 0.0747. The average molecular weight is 526 g/mol. The van der Waals surface area contributed by atoms with Crippen LogP contribution in [0.5, 0.6) is 0 Å². The van der Waals surface area contributed by atoms with Crippen LogP contribution in [-0.2, 0) is 0 Å². The maximum absolute atomic E-state index is 14.2. The fourth-order valence-electron chi connectivity index (χ4n) is 4.04. The number of hydrogen-bond acceptors (Lipinski definition) is 5. The predicted molar refractivity (Wildman–Crippen MR) is 137 cm³/mol. The van der Waals surface area contributed by atoms with E-state index >= 15 is 0 Å². The van der Waals surface area contributed by atoms with Crippen LogP contribution in [0.4, 0.5) is 10.2 Å². The average Bonchev–Trinajstić information content (AvgIpc) is 2.87. The highest BCUT2D eigenvalue weighted by Gasteiger charge is 2.27. The highest BCUT2D eigenvalue weighted by atomic mass is 35.5. The van der Waals surface area contributed by atoms with Gasteiger partial charge in [-0.05, 0) is 35.9 Å². The Labute approximate surface area is 218 Å². The molecule has 0 aliphatic carbocycles. The van der Waals surface area contributed by atoms with Gasteiger partial charge in [0.05, 0.1) is 26.7 Å². The van der Waals surface area contributed by atoms with Crippen molar-refractivity contribution in [3.8, 4) is 17.2 Å². The van der Waals surface area contributed by atoms with E-state index in [9.17, 15) is 19.2 Å². The van der Waals surface area contributed by atoms with Crippen molar-refractivity contribution in [2.24, 2.45) is 0 Å². The summed E-state index contributed by atoms with van der Waals surface area (Å²) >= 11 is 12.4. The third-order valence-corrected chi connectivity index (χ3v) is 6.60. The number of nitrogens with zero attached hydrogens (tertiary/aromatic N) is 5. The summed E-state index contributed by atoms with van der Waals surface area (Å²) in [5.41, 5.74) is 2.03. The SMILES string of the molecule is CN(C)C(=O)c1ccc(-c2cnc(N3CCN(C(=O)c4c(F)cccc4Cl)CC3)c(C#N)c2)cc1Cl. The van der Waals surface area contributed by atoms with E-state index in [0.717, 1.165) is 5.56 Å². The molecule has 1 aromatic heterocycles. The Morgan fingerprint density at radius 2 is 1.75 bits per heavy atom. The molecule has 0 unspecified atom stereocenters. The molecule has 4 rings (SSSR count). The van der Waals surface area contributed by atoms with Crippen molar-refractivity contribution in [3.63, 3.8) is 0 Å². The molecule has 0 spiro atoms. The molecular weight excluding hydrogens is 504 g/mol. The van der Waals surface area contributed by atoms with Gasteiger partial charge in [0.2, 0.25) is 0 Å². The molecule has 0 atom stereocenters. The molecule has 1 aliphatic rings. The number of pyridine rings is 1. The Morgan fingerprint density at radius 3 is 2.36 bits per heavy atom. The van der Waals surface area contributed by atoms with E-state index in [1.807, 2.05) is 4.90 Å². The van der Waals surface area contributed by atoms with Crippen molar-refractivity contribution in [3.05, 3.63) is 81.2 Å². The molecule has 7 nitrogen and oxygen atoms in total. The normalized spacial score (nSPS) is 13.3. The van der Waals surface area contributed by atoms with E-state index in [4.69, 9.17) is 23.2 Å². The second kappa shape index (κ2) is 10.5. The Morgan fingerprint density at radius 1 is 1.03 bits per heavy atom. The number of anilines is 1. The van der Waals surface area contributed by atoms with E-state index in [0.29, 0.717) is 53.7 Å². The van der Waals surface area contributed by atoms with Crippen LogP contribution in [0, 0.1) is 17.1 Å². The number of halogens is 3. The van der Waals surface area contributed by atoms with Gasteiger partial charge in [-0.15, -0.1) is 0 Å². The molecule has 2 aromatic carbocycles. The largest absolute Gasteiger partial charge is 0.352 e. The predicted octanol–water partition coefficient (Wildman–Crippen LogP) is 4.73. The zero-order valence-electron chi connectivity index (χ0n) is 19.6. The van der Waals surface area contributed by atoms with Crippen LogP contribution in [0.2, 0.25) is 10.0 Å². The molecule has 0 N–H and O–H groups in total. The molecule has 2 amide bonds. The maximum Gasteiger partial charge on any atom is 0.258 e. The van der Waals surface area contributed by atoms with Gasteiger partial charge in [-0.3, -0.25) is 9.59 Å². The first kappa shape index (κ1) is 25.4. The fraction of sp³-hybridized carbons (Fsp3) is 0.231. The van der Waals surface area contributed by atoms with Crippen LogP contribution in [0.3, 0.4) is 0 Å². The van der Waals surface area contributed by atoms with Gasteiger partial charge >= 0.3 is 0 Å². The van der Waals surface area contributed by atoms with E-state index in [1.165, 1.54) is 23.1 Å². The lowest BCUT2D eigenvalue weighted by atomic mass is 10.0. The molecule has 2 heterocycles. The molecular formula is C26H22Cl2FN5O2. The lowest BCUT2D eigenvalue weighted by Gasteiger charge is -2.36. The number of rotatable bonds is 4. The number of carbonyl (C=O) groups excluding carboxylic acids is 2. The summed E-state index contributed by atoms with van der Waals surface area (Å²) in [6, 6.07) is 13.2. The molecule has 36 heavy (non-hydrogen) atoms. The summed E-state index contributed by atoms with van der Waals surface area (Å²) in [5, 5.41) is 10.2. The number of carbonyl (C=O) groups is 2. The topological polar surface area (TPSA) is 80.5 Å². The van der Waals surface area contributed by atoms with Gasteiger partial charge in [0.15, 0.2) is 0 Å². The second-order valence-corrected chi connectivity index (χ2v) is 9.29. The monoisotopic (exact) mass is 525 g/mol. The summed E-state index contributed by atoms with van der Waals surface area (Å²) < 4.78 is 14.2. The standard InChI is InChI=1S/C26H22Cl2FN5O2/c1-32(2)25(35)19-7-6-16(13-21(19)28)18-12-17(14-30)24(31-15-18)33-8-10-34(11-9-33)26(36)23-20(27)4-3-5-22(23)29/h3-7,12-13,15H,8-11H2,1-2H3. The van der Waals surface area contributed by atoms with Crippen molar-refractivity contribution in [2.45, 2.75) is 0 Å². The van der Waals surface area contributed by atoms with Crippen LogP contribution in [0.1, 0.15) is 26.3 Å². The van der Waals surface area contributed by atoms with Crippen LogP contribution in [0.15, 0.2) is 48.7 Å². The van der Waals surface area contributed by atoms with Crippen LogP contribution >= 0.6 is 23.2 Å². The summed E-state index contributed by atoms with van der Waals surface area (Å²) in [4.78, 5) is 34.5. The van der Waals surface area contributed by atoms with Crippen LogP contribution in [-0.4, -0.2) is 66.9 Å². The van der Waals surface area contributed by atoms with Crippen molar-refractivity contribution in [2.75, 3.05) is 45.2 Å². The molecule has 0 bridgehead atoms. The number of nitriles is 1. The number of benzene rings is 2. The molecule has 1 aliphatic heterocycles. The van der Waals surface area contributed by atoms with Crippen molar-refractivity contribution >= 4 is 40.8 Å². The number of hydrogen-bond donors (Lipinski definition) is 0. The minimum Gasteiger partial charge on any atom is -0.352 e. The molecule has 1 saturated heterocycles. The van der Waals surface area contributed by atoms with Crippen molar-refractivity contribution in [1.29, 1.82) is 5.26 Å². The van der Waals surface area contributed by atoms with Gasteiger partial charge in [-0.25, -0.2) is 9.37 Å². The number of amides is 2. The summed E-state index contributed by atoms with van der Waals surface area (Å²) in [6.45, 7) is 1.50. The van der Waals surface area contributed by atoms with E-state index in [-0.39, 0.29) is 16.5 Å². The quantitative estimate of drug-likeness (QED) is 0.491. The molecule has 0 saturated carbocycles. The van der Waals surface area contributed by atoms with Gasteiger partial charge < -0.3 is 14.7 Å². The first-order valence-corrected chi connectivity index (χ1v) is 11.9. The van der Waals surface area contributed by atoms with Gasteiger partial charge in [0.25, 0.3) is 11.8 Å². The van der Waals surface area contributed by atoms with Gasteiger partial charge in [-0.1, -0.05) is 35.3 Å². The third-order valence-electron chi connectivity index (χ3n) is 5.97. The molecule has 1 fully saturated rings. The highest BCUT2D eigenvalue weighted by molar-refractivity contribution is 6.34. The Bertz CT molecular complexity index is 1360. The Kier molecular flexibility index (Phi) is 7.43. The highest BCUT2D eigenvalue weighted by Crippen LogP contribution is 2.30. The Balaban J connectivity index is 1.51. The molecule has 10 heteroatoms. The number of piperazine rings is 1. The fourth-order valence-corrected chi connectivity index (χ4v) is 4.55. The first-order chi connectivity index (χ1) is 17.2. The zero-order chi connectivity index (χ0) is 26.0. The molecule has 3 aromatic rings. The van der Waals surface area contributed by atoms with E-state index < -0.39 is 11.7 Å².